The van der Waals surface area contributed by atoms with E-state index in [1.54, 1.807) is 57.3 Å². The Morgan fingerprint density at radius 1 is 0.725 bits per heavy atom. The van der Waals surface area contributed by atoms with E-state index < -0.39 is 65.9 Å². The van der Waals surface area contributed by atoms with Gasteiger partial charge >= 0.3 is 18.3 Å². The van der Waals surface area contributed by atoms with Crippen molar-refractivity contribution in [2.24, 2.45) is 5.41 Å². The number of alkyl carbamates (subject to hydrolysis) is 2. The summed E-state index contributed by atoms with van der Waals surface area (Å²) >= 11 is 0. The number of hydrogen-bond acceptors (Lipinski definition) is 9. The van der Waals surface area contributed by atoms with Gasteiger partial charge in [0.2, 0.25) is 5.91 Å². The maximum atomic E-state index is 13.8. The van der Waals surface area contributed by atoms with Gasteiger partial charge in [0.15, 0.2) is 6.17 Å². The quantitative estimate of drug-likeness (QED) is 0.115. The van der Waals surface area contributed by atoms with Crippen molar-refractivity contribution in [1.29, 1.82) is 0 Å². The first-order chi connectivity index (χ1) is 24.2. The zero-order valence-corrected chi connectivity index (χ0v) is 29.2. The Balaban J connectivity index is 1.94. The molecule has 0 fully saturated rings. The zero-order valence-electron chi connectivity index (χ0n) is 29.2. The van der Waals surface area contributed by atoms with Crippen LogP contribution in [0.1, 0.15) is 38.3 Å². The third-order valence-electron chi connectivity index (χ3n) is 7.91. The summed E-state index contributed by atoms with van der Waals surface area (Å²) in [6, 6.07) is 19.3. The van der Waals surface area contributed by atoms with Crippen molar-refractivity contribution in [3.8, 4) is 11.3 Å². The molecule has 0 saturated heterocycles. The molecule has 5 amide bonds. The van der Waals surface area contributed by atoms with Crippen LogP contribution in [0.3, 0.4) is 0 Å². The first-order valence-electron chi connectivity index (χ1n) is 16.2. The number of pyridine rings is 1. The molecule has 274 valence electrons. The number of carbonyl (C=O) groups is 5. The number of rotatable bonds is 15. The summed E-state index contributed by atoms with van der Waals surface area (Å²) in [5, 5.41) is 33.3. The largest absolute Gasteiger partial charge is 0.465 e. The van der Waals surface area contributed by atoms with Crippen LogP contribution in [-0.4, -0.2) is 89.9 Å². The van der Waals surface area contributed by atoms with Crippen molar-refractivity contribution in [3.05, 3.63) is 90.1 Å². The zero-order chi connectivity index (χ0) is 37.6. The summed E-state index contributed by atoms with van der Waals surface area (Å²) < 4.78 is 9.27. The number of nitrogens with one attached hydrogen (secondary N) is 5. The lowest BCUT2D eigenvalue weighted by Gasteiger charge is -2.33. The van der Waals surface area contributed by atoms with Crippen molar-refractivity contribution >= 4 is 30.1 Å². The summed E-state index contributed by atoms with van der Waals surface area (Å²) in [6.07, 6.45) is -4.51. The summed E-state index contributed by atoms with van der Waals surface area (Å²) in [7, 11) is 2.25. The Morgan fingerprint density at radius 2 is 1.33 bits per heavy atom. The molecule has 0 bridgehead atoms. The van der Waals surface area contributed by atoms with E-state index in [1.165, 1.54) is 7.11 Å². The van der Waals surface area contributed by atoms with Gasteiger partial charge < -0.3 is 35.6 Å². The summed E-state index contributed by atoms with van der Waals surface area (Å²) in [4.78, 5) is 66.9. The van der Waals surface area contributed by atoms with Gasteiger partial charge in [-0.3, -0.25) is 25.2 Å². The van der Waals surface area contributed by atoms with Gasteiger partial charge in [-0.25, -0.2) is 14.4 Å². The van der Waals surface area contributed by atoms with Gasteiger partial charge in [-0.15, -0.1) is 0 Å². The van der Waals surface area contributed by atoms with Crippen LogP contribution < -0.4 is 26.6 Å². The molecule has 3 rings (SSSR count). The predicted octanol–water partition coefficient (Wildman–Crippen LogP) is 2.97. The first-order valence-corrected chi connectivity index (χ1v) is 16.2. The molecule has 0 saturated carbocycles. The number of ether oxygens (including phenoxy) is 2. The maximum Gasteiger partial charge on any atom is 0.408 e. The van der Waals surface area contributed by atoms with E-state index in [0.29, 0.717) is 0 Å². The number of aliphatic hydroxyl groups excluding tert-OH is 1. The van der Waals surface area contributed by atoms with Gasteiger partial charge in [0, 0.05) is 17.8 Å². The Bertz CT molecular complexity index is 1600. The minimum Gasteiger partial charge on any atom is -0.465 e. The summed E-state index contributed by atoms with van der Waals surface area (Å²) in [6.45, 7) is 5.34. The smallest absolute Gasteiger partial charge is 0.408 e. The Morgan fingerprint density at radius 3 is 1.90 bits per heavy atom. The number of hydrogen-bond donors (Lipinski definition) is 7. The second-order valence-corrected chi connectivity index (χ2v) is 12.9. The number of benzene rings is 2. The Kier molecular flexibility index (Phi) is 14.7. The van der Waals surface area contributed by atoms with E-state index in [9.17, 15) is 34.2 Å². The van der Waals surface area contributed by atoms with Crippen molar-refractivity contribution in [2.45, 2.75) is 70.4 Å². The standard InChI is InChI=1S/C36H46N6O9/c1-36(2,3)29(40-34(48)50-4)31(44)38-25(19-23-14-16-24(17-15-23)26-13-9-10-18-37-26)21-28(43)27(20-22-11-7-6-8-12-22)39-32(45)30(41-33(46)47)42-35(49)51-5/h6-18,25,27-30,41,43H,19-21H2,1-5H3,(H,38,44)(H,39,45)(H,40,48)(H,42,49)(H,46,47)/t25-,27-,28+,29+,30?/m0/s1. The van der Waals surface area contributed by atoms with Gasteiger partial charge in [0.05, 0.1) is 32.1 Å². The highest BCUT2D eigenvalue weighted by atomic mass is 16.5. The number of aliphatic hydroxyl groups is 1. The van der Waals surface area contributed by atoms with E-state index in [0.717, 1.165) is 29.5 Å². The lowest BCUT2D eigenvalue weighted by molar-refractivity contribution is -0.127. The molecule has 15 heteroatoms. The summed E-state index contributed by atoms with van der Waals surface area (Å²) in [5.41, 5.74) is 2.49. The molecule has 0 radical (unpaired) electrons. The molecule has 0 spiro atoms. The predicted molar refractivity (Wildman–Crippen MR) is 187 cm³/mol. The van der Waals surface area contributed by atoms with Crippen molar-refractivity contribution in [3.63, 3.8) is 0 Å². The fourth-order valence-electron chi connectivity index (χ4n) is 5.30. The highest BCUT2D eigenvalue weighted by molar-refractivity contribution is 5.88. The van der Waals surface area contributed by atoms with E-state index in [2.05, 4.69) is 31.0 Å². The van der Waals surface area contributed by atoms with Crippen molar-refractivity contribution in [2.75, 3.05) is 14.2 Å². The van der Waals surface area contributed by atoms with Gasteiger partial charge in [-0.2, -0.15) is 0 Å². The van der Waals surface area contributed by atoms with Crippen LogP contribution in [-0.2, 0) is 31.9 Å². The number of carboxylic acid groups (broad SMARTS) is 1. The fourth-order valence-corrected chi connectivity index (χ4v) is 5.30. The van der Waals surface area contributed by atoms with E-state index >= 15 is 0 Å². The van der Waals surface area contributed by atoms with E-state index in [1.807, 2.05) is 47.8 Å². The van der Waals surface area contributed by atoms with Gasteiger partial charge in [-0.1, -0.05) is 81.4 Å². The SMILES string of the molecule is COC(=O)NC(NC(=O)O)C(=O)N[C@@H](Cc1ccccc1)[C@H](O)C[C@H](Cc1ccc(-c2ccccn2)cc1)NC(=O)[C@@H](NC(=O)OC)C(C)(C)C. The molecule has 0 aliphatic heterocycles. The molecule has 1 aromatic heterocycles. The van der Waals surface area contributed by atoms with Crippen LogP contribution in [0.2, 0.25) is 0 Å². The molecule has 1 heterocycles. The highest BCUT2D eigenvalue weighted by Crippen LogP contribution is 2.22. The second-order valence-electron chi connectivity index (χ2n) is 12.9. The topological polar surface area (TPSA) is 217 Å². The highest BCUT2D eigenvalue weighted by Gasteiger charge is 2.36. The average Bonchev–Trinajstić information content (AvgIpc) is 3.10. The monoisotopic (exact) mass is 706 g/mol. The van der Waals surface area contributed by atoms with Crippen LogP contribution >= 0.6 is 0 Å². The number of nitrogens with zero attached hydrogens (tertiary/aromatic N) is 1. The molecule has 2 aromatic carbocycles. The van der Waals surface area contributed by atoms with Crippen LogP contribution in [0, 0.1) is 5.41 Å². The molecule has 5 atom stereocenters. The van der Waals surface area contributed by atoms with E-state index in [-0.39, 0.29) is 19.3 Å². The Labute approximate surface area is 296 Å². The molecule has 1 unspecified atom stereocenters. The molecule has 0 aliphatic carbocycles. The first kappa shape index (κ1) is 39.7. The molecule has 15 nitrogen and oxygen atoms in total. The van der Waals surface area contributed by atoms with Crippen molar-refractivity contribution < 1.29 is 43.7 Å². The lowest BCUT2D eigenvalue weighted by atomic mass is 9.85. The number of methoxy groups -OCH3 is 2. The second kappa shape index (κ2) is 18.9. The molecule has 0 aliphatic rings. The summed E-state index contributed by atoms with van der Waals surface area (Å²) in [5.74, 6) is -1.48. The third-order valence-corrected chi connectivity index (χ3v) is 7.91. The third kappa shape index (κ3) is 12.9. The van der Waals surface area contributed by atoms with Crippen molar-refractivity contribution in [1.82, 2.24) is 31.6 Å². The molecular formula is C36H46N6O9. The molecule has 7 N–H and O–H groups in total. The average molecular weight is 707 g/mol. The normalized spacial score (nSPS) is 14.0. The van der Waals surface area contributed by atoms with Crippen LogP contribution in [0.25, 0.3) is 11.3 Å². The minimum atomic E-state index is -1.74. The molecule has 51 heavy (non-hydrogen) atoms. The maximum absolute atomic E-state index is 13.8. The van der Waals surface area contributed by atoms with Gasteiger partial charge in [0.25, 0.3) is 5.91 Å². The van der Waals surface area contributed by atoms with Gasteiger partial charge in [-0.05, 0) is 47.9 Å². The lowest BCUT2D eigenvalue weighted by Crippen LogP contribution is -2.60. The van der Waals surface area contributed by atoms with Crippen LogP contribution in [0.5, 0.6) is 0 Å². The molecular weight excluding hydrogens is 660 g/mol. The number of aromatic nitrogens is 1. The van der Waals surface area contributed by atoms with Crippen LogP contribution in [0.15, 0.2) is 79.0 Å². The fraction of sp³-hybridized carbons (Fsp3) is 0.389. The minimum absolute atomic E-state index is 0.0813. The number of carbonyl (C=O) groups excluding carboxylic acids is 4. The van der Waals surface area contributed by atoms with Crippen LogP contribution in [0.4, 0.5) is 14.4 Å². The Hall–Kier alpha value is -5.70. The molecule has 3 aromatic rings. The number of amides is 5. The van der Waals surface area contributed by atoms with E-state index in [4.69, 9.17) is 4.74 Å². The van der Waals surface area contributed by atoms with Gasteiger partial charge in [0.1, 0.15) is 6.04 Å².